The zero-order chi connectivity index (χ0) is 17.0. The molecule has 118 valence electrons. The predicted molar refractivity (Wildman–Crippen MR) is 80.2 cm³/mol. The van der Waals surface area contributed by atoms with E-state index in [1.165, 1.54) is 30.3 Å². The van der Waals surface area contributed by atoms with E-state index < -0.39 is 18.0 Å². The van der Waals surface area contributed by atoms with Crippen LogP contribution in [-0.2, 0) is 4.79 Å². The lowest BCUT2D eigenvalue weighted by Gasteiger charge is -2.09. The number of phenols is 1. The van der Waals surface area contributed by atoms with Crippen LogP contribution in [0.2, 0.25) is 0 Å². The number of aliphatic carboxylic acids is 1. The van der Waals surface area contributed by atoms with Crippen molar-refractivity contribution in [2.45, 2.75) is 6.04 Å². The Morgan fingerprint density at radius 1 is 1.04 bits per heavy atom. The SMILES string of the molecule is NC(C(=O)O)c1cc(/N=N/c2ccccc2C(=O)O)ccc1O. The highest BCUT2D eigenvalue weighted by molar-refractivity contribution is 5.93. The van der Waals surface area contributed by atoms with Gasteiger partial charge in [0.05, 0.1) is 11.3 Å². The van der Waals surface area contributed by atoms with E-state index in [-0.39, 0.29) is 28.3 Å². The van der Waals surface area contributed by atoms with E-state index in [4.69, 9.17) is 15.9 Å². The first-order valence-electron chi connectivity index (χ1n) is 6.45. The highest BCUT2D eigenvalue weighted by Gasteiger charge is 2.18. The van der Waals surface area contributed by atoms with Crippen molar-refractivity contribution in [2.75, 3.05) is 0 Å². The Morgan fingerprint density at radius 3 is 2.39 bits per heavy atom. The number of hydrogen-bond acceptors (Lipinski definition) is 6. The summed E-state index contributed by atoms with van der Waals surface area (Å²) in [6.45, 7) is 0. The van der Waals surface area contributed by atoms with Gasteiger partial charge in [-0.15, -0.1) is 5.11 Å². The van der Waals surface area contributed by atoms with Crippen LogP contribution < -0.4 is 5.73 Å². The maximum atomic E-state index is 11.1. The smallest absolute Gasteiger partial charge is 0.337 e. The number of aromatic carboxylic acids is 1. The molecule has 0 aromatic heterocycles. The summed E-state index contributed by atoms with van der Waals surface area (Å²) in [5, 5.41) is 35.3. The third-order valence-electron chi connectivity index (χ3n) is 3.02. The summed E-state index contributed by atoms with van der Waals surface area (Å²) in [5.74, 6) is -2.71. The van der Waals surface area contributed by atoms with Crippen molar-refractivity contribution >= 4 is 23.3 Å². The van der Waals surface area contributed by atoms with Crippen LogP contribution in [0, 0.1) is 0 Å². The molecule has 5 N–H and O–H groups in total. The molecule has 0 spiro atoms. The summed E-state index contributed by atoms with van der Waals surface area (Å²) in [7, 11) is 0. The molecule has 0 amide bonds. The quantitative estimate of drug-likeness (QED) is 0.624. The van der Waals surface area contributed by atoms with Gasteiger partial charge in [0.25, 0.3) is 0 Å². The van der Waals surface area contributed by atoms with Crippen LogP contribution in [0.1, 0.15) is 22.0 Å². The topological polar surface area (TPSA) is 146 Å². The van der Waals surface area contributed by atoms with Gasteiger partial charge in [0.15, 0.2) is 0 Å². The predicted octanol–water partition coefficient (Wildman–Crippen LogP) is 2.59. The van der Waals surface area contributed by atoms with Crippen LogP contribution in [0.3, 0.4) is 0 Å². The molecule has 23 heavy (non-hydrogen) atoms. The third-order valence-corrected chi connectivity index (χ3v) is 3.02. The second-order valence-electron chi connectivity index (χ2n) is 4.58. The van der Waals surface area contributed by atoms with Crippen molar-refractivity contribution in [1.82, 2.24) is 0 Å². The number of carbonyl (C=O) groups is 2. The van der Waals surface area contributed by atoms with Gasteiger partial charge in [-0.3, -0.25) is 4.79 Å². The molecule has 0 saturated heterocycles. The fourth-order valence-corrected chi connectivity index (χ4v) is 1.84. The Kier molecular flexibility index (Phi) is 4.67. The molecule has 0 fully saturated rings. The normalized spacial score (nSPS) is 12.2. The van der Waals surface area contributed by atoms with Crippen LogP contribution in [0.15, 0.2) is 52.7 Å². The zero-order valence-electron chi connectivity index (χ0n) is 11.7. The highest BCUT2D eigenvalue weighted by atomic mass is 16.4. The van der Waals surface area contributed by atoms with Crippen molar-refractivity contribution in [3.05, 3.63) is 53.6 Å². The van der Waals surface area contributed by atoms with Crippen molar-refractivity contribution in [3.63, 3.8) is 0 Å². The number of benzene rings is 2. The molecular weight excluding hydrogens is 302 g/mol. The highest BCUT2D eigenvalue weighted by Crippen LogP contribution is 2.29. The second-order valence-corrected chi connectivity index (χ2v) is 4.58. The Hall–Kier alpha value is -3.26. The lowest BCUT2D eigenvalue weighted by atomic mass is 10.1. The molecule has 1 unspecified atom stereocenters. The van der Waals surface area contributed by atoms with Crippen molar-refractivity contribution in [2.24, 2.45) is 16.0 Å². The van der Waals surface area contributed by atoms with E-state index >= 15 is 0 Å². The van der Waals surface area contributed by atoms with Crippen LogP contribution in [0.25, 0.3) is 0 Å². The van der Waals surface area contributed by atoms with E-state index in [0.29, 0.717) is 0 Å². The molecule has 2 rings (SSSR count). The molecule has 0 saturated carbocycles. The molecule has 2 aromatic rings. The Bertz CT molecular complexity index is 788. The van der Waals surface area contributed by atoms with E-state index in [1.807, 2.05) is 0 Å². The molecule has 0 radical (unpaired) electrons. The van der Waals surface area contributed by atoms with Gasteiger partial charge in [-0.25, -0.2) is 4.79 Å². The Balaban J connectivity index is 2.36. The van der Waals surface area contributed by atoms with Crippen molar-refractivity contribution < 1.29 is 24.9 Å². The molecule has 0 aliphatic carbocycles. The zero-order valence-corrected chi connectivity index (χ0v) is 11.7. The van der Waals surface area contributed by atoms with Crippen molar-refractivity contribution in [1.29, 1.82) is 0 Å². The summed E-state index contributed by atoms with van der Waals surface area (Å²) in [6, 6.07) is 8.57. The Labute approximate surface area is 130 Å². The number of phenolic OH excluding ortho intramolecular Hbond substituents is 1. The van der Waals surface area contributed by atoms with E-state index in [2.05, 4.69) is 10.2 Å². The minimum atomic E-state index is -1.41. The van der Waals surface area contributed by atoms with E-state index in [0.717, 1.165) is 0 Å². The van der Waals surface area contributed by atoms with E-state index in [1.54, 1.807) is 12.1 Å². The summed E-state index contributed by atoms with van der Waals surface area (Å²) in [6.07, 6.45) is 0. The number of nitrogens with two attached hydrogens (primary N) is 1. The van der Waals surface area contributed by atoms with Gasteiger partial charge in [0.1, 0.15) is 17.5 Å². The average Bonchev–Trinajstić information content (AvgIpc) is 2.53. The van der Waals surface area contributed by atoms with Crippen molar-refractivity contribution in [3.8, 4) is 5.75 Å². The van der Waals surface area contributed by atoms with Gasteiger partial charge in [-0.2, -0.15) is 5.11 Å². The Morgan fingerprint density at radius 2 is 1.74 bits per heavy atom. The number of nitrogens with zero attached hydrogens (tertiary/aromatic N) is 2. The lowest BCUT2D eigenvalue weighted by Crippen LogP contribution is -2.20. The molecule has 8 nitrogen and oxygen atoms in total. The monoisotopic (exact) mass is 315 g/mol. The molecule has 2 aromatic carbocycles. The molecule has 0 heterocycles. The first kappa shape index (κ1) is 16.1. The van der Waals surface area contributed by atoms with Gasteiger partial charge in [0.2, 0.25) is 0 Å². The number of azo groups is 1. The van der Waals surface area contributed by atoms with Crippen LogP contribution >= 0.6 is 0 Å². The van der Waals surface area contributed by atoms with Gasteiger partial charge >= 0.3 is 11.9 Å². The van der Waals surface area contributed by atoms with Gasteiger partial charge in [-0.1, -0.05) is 12.1 Å². The maximum absolute atomic E-state index is 11.1. The largest absolute Gasteiger partial charge is 0.508 e. The molecule has 0 aliphatic rings. The maximum Gasteiger partial charge on any atom is 0.337 e. The molecular formula is C15H13N3O5. The summed E-state index contributed by atoms with van der Waals surface area (Å²) < 4.78 is 0. The number of carboxylic acids is 2. The molecule has 8 heteroatoms. The summed E-state index contributed by atoms with van der Waals surface area (Å²) in [4.78, 5) is 22.0. The summed E-state index contributed by atoms with van der Waals surface area (Å²) in [5.41, 5.74) is 5.82. The fourth-order valence-electron chi connectivity index (χ4n) is 1.84. The van der Waals surface area contributed by atoms with E-state index in [9.17, 15) is 14.7 Å². The number of hydrogen-bond donors (Lipinski definition) is 4. The minimum absolute atomic E-state index is 0.0135. The average molecular weight is 315 g/mol. The summed E-state index contributed by atoms with van der Waals surface area (Å²) >= 11 is 0. The third kappa shape index (κ3) is 3.69. The lowest BCUT2D eigenvalue weighted by molar-refractivity contribution is -0.138. The molecule has 0 bridgehead atoms. The second kappa shape index (κ2) is 6.67. The first-order valence-corrected chi connectivity index (χ1v) is 6.45. The van der Waals surface area contributed by atoms with Crippen LogP contribution in [0.5, 0.6) is 5.75 Å². The van der Waals surface area contributed by atoms with Gasteiger partial charge in [0, 0.05) is 5.56 Å². The molecule has 0 aliphatic heterocycles. The van der Waals surface area contributed by atoms with Gasteiger partial charge < -0.3 is 21.1 Å². The first-order chi connectivity index (χ1) is 10.9. The standard InChI is InChI=1S/C15H13N3O5/c16-13(15(22)23)10-7-8(5-6-12(10)19)17-18-11-4-2-1-3-9(11)14(20)21/h1-7,13,19H,16H2,(H,20,21)(H,22,23)/b18-17+. The molecule has 1 atom stereocenters. The van der Waals surface area contributed by atoms with Gasteiger partial charge in [-0.05, 0) is 30.3 Å². The fraction of sp³-hybridized carbons (Fsp3) is 0.0667. The number of aromatic hydroxyl groups is 1. The van der Waals surface area contributed by atoms with Crippen LogP contribution in [-0.4, -0.2) is 27.3 Å². The van der Waals surface area contributed by atoms with Crippen LogP contribution in [0.4, 0.5) is 11.4 Å². The number of rotatable bonds is 5. The number of carboxylic acid groups (broad SMARTS) is 2. The minimum Gasteiger partial charge on any atom is -0.508 e.